The lowest BCUT2D eigenvalue weighted by Gasteiger charge is -2.10. The third-order valence-corrected chi connectivity index (χ3v) is 3.68. The van der Waals surface area contributed by atoms with Gasteiger partial charge in [0.2, 0.25) is 5.95 Å². The van der Waals surface area contributed by atoms with Crippen LogP contribution in [0.25, 0.3) is 0 Å². The third kappa shape index (κ3) is 4.24. The fraction of sp³-hybridized carbons (Fsp3) is 0.158. The van der Waals surface area contributed by atoms with Crippen molar-refractivity contribution in [1.82, 2.24) is 9.97 Å². The van der Waals surface area contributed by atoms with E-state index in [0.29, 0.717) is 29.4 Å². The van der Waals surface area contributed by atoms with E-state index in [1.165, 1.54) is 0 Å². The molecule has 1 aromatic heterocycles. The molecule has 0 amide bonds. The first kappa shape index (κ1) is 16.7. The van der Waals surface area contributed by atoms with E-state index >= 15 is 0 Å². The molecule has 128 valence electrons. The molecule has 6 nitrogen and oxygen atoms in total. The summed E-state index contributed by atoms with van der Waals surface area (Å²) in [5, 5.41) is 12.1. The molecule has 0 bridgehead atoms. The maximum Gasteiger partial charge on any atom is 0.255 e. The molecule has 0 fully saturated rings. The molecule has 0 radical (unpaired) electrons. The van der Waals surface area contributed by atoms with E-state index in [1.54, 1.807) is 6.92 Å². The van der Waals surface area contributed by atoms with Crippen molar-refractivity contribution in [2.24, 2.45) is 0 Å². The monoisotopic (exact) mass is 337 g/mol. The van der Waals surface area contributed by atoms with E-state index < -0.39 is 0 Å². The third-order valence-electron chi connectivity index (χ3n) is 3.68. The Hall–Kier alpha value is -3.12. The molecule has 0 unspecified atom stereocenters. The quantitative estimate of drug-likeness (QED) is 0.643. The molecule has 0 atom stereocenters. The summed E-state index contributed by atoms with van der Waals surface area (Å²) in [4.78, 5) is 19.0. The Kier molecular flexibility index (Phi) is 5.11. The van der Waals surface area contributed by atoms with Crippen LogP contribution in [0.5, 0.6) is 11.5 Å². The zero-order chi connectivity index (χ0) is 17.6. The zero-order valence-corrected chi connectivity index (χ0v) is 13.8. The fourth-order valence-corrected chi connectivity index (χ4v) is 2.44. The van der Waals surface area contributed by atoms with Crippen LogP contribution in [0.4, 0.5) is 11.6 Å². The second kappa shape index (κ2) is 7.63. The molecule has 6 heteroatoms. The van der Waals surface area contributed by atoms with E-state index in [9.17, 15) is 4.79 Å². The highest BCUT2D eigenvalue weighted by molar-refractivity contribution is 5.55. The van der Waals surface area contributed by atoms with Crippen molar-refractivity contribution in [2.45, 2.75) is 13.3 Å². The summed E-state index contributed by atoms with van der Waals surface area (Å²) in [6.45, 7) is 1.67. The molecule has 0 saturated heterocycles. The molecule has 0 spiro atoms. The Morgan fingerprint density at radius 3 is 2.40 bits per heavy atom. The summed E-state index contributed by atoms with van der Waals surface area (Å²) in [6, 6.07) is 16.9. The number of H-pyrrole nitrogens is 1. The number of hydrogen-bond acceptors (Lipinski definition) is 5. The minimum absolute atomic E-state index is 0.0821. The number of aromatic amines is 1. The number of rotatable bonds is 6. The summed E-state index contributed by atoms with van der Waals surface area (Å²) in [5.41, 5.74) is 1.63. The maximum absolute atomic E-state index is 12.0. The highest BCUT2D eigenvalue weighted by Crippen LogP contribution is 2.23. The number of aromatic nitrogens is 2. The van der Waals surface area contributed by atoms with Crippen molar-refractivity contribution in [3.63, 3.8) is 0 Å². The Balaban J connectivity index is 1.72. The summed E-state index contributed by atoms with van der Waals surface area (Å²) >= 11 is 0. The Bertz CT molecular complexity index is 890. The van der Waals surface area contributed by atoms with E-state index in [1.807, 2.05) is 54.6 Å². The number of ether oxygens (including phenoxy) is 1. The molecule has 0 aliphatic carbocycles. The van der Waals surface area contributed by atoms with Crippen molar-refractivity contribution < 1.29 is 9.84 Å². The largest absolute Gasteiger partial charge is 0.457 e. The first-order chi connectivity index (χ1) is 12.2. The number of aryl methyl sites for hydroxylation is 1. The normalized spacial score (nSPS) is 10.5. The molecule has 3 aromatic rings. The van der Waals surface area contributed by atoms with Gasteiger partial charge >= 0.3 is 0 Å². The fourth-order valence-electron chi connectivity index (χ4n) is 2.44. The van der Waals surface area contributed by atoms with Gasteiger partial charge < -0.3 is 15.2 Å². The van der Waals surface area contributed by atoms with Gasteiger partial charge in [0.1, 0.15) is 11.5 Å². The van der Waals surface area contributed by atoms with Gasteiger partial charge in [-0.15, -0.1) is 0 Å². The van der Waals surface area contributed by atoms with Gasteiger partial charge in [-0.1, -0.05) is 18.2 Å². The summed E-state index contributed by atoms with van der Waals surface area (Å²) in [5.74, 6) is 1.85. The van der Waals surface area contributed by atoms with Crippen molar-refractivity contribution in [1.29, 1.82) is 0 Å². The van der Waals surface area contributed by atoms with Crippen molar-refractivity contribution in [3.8, 4) is 11.5 Å². The number of hydrogen-bond donors (Lipinski definition) is 3. The lowest BCUT2D eigenvalue weighted by atomic mass is 10.2. The van der Waals surface area contributed by atoms with Crippen LogP contribution in [0, 0.1) is 6.92 Å². The minimum atomic E-state index is -0.243. The Morgan fingerprint density at radius 1 is 1.08 bits per heavy atom. The van der Waals surface area contributed by atoms with Crippen LogP contribution in [-0.2, 0) is 6.42 Å². The first-order valence-corrected chi connectivity index (χ1v) is 7.96. The zero-order valence-electron chi connectivity index (χ0n) is 13.8. The predicted octanol–water partition coefficient (Wildman–Crippen LogP) is 3.15. The second-order valence-electron chi connectivity index (χ2n) is 5.52. The number of aliphatic hydroxyl groups is 1. The van der Waals surface area contributed by atoms with Crippen LogP contribution in [0.3, 0.4) is 0 Å². The summed E-state index contributed by atoms with van der Waals surface area (Å²) < 4.78 is 5.74. The van der Waals surface area contributed by atoms with Crippen LogP contribution in [0.2, 0.25) is 0 Å². The van der Waals surface area contributed by atoms with E-state index in [0.717, 1.165) is 11.4 Å². The molecule has 2 aromatic carbocycles. The van der Waals surface area contributed by atoms with Gasteiger partial charge in [0.05, 0.1) is 5.69 Å². The standard InChI is InChI=1S/C19H19N3O3/c1-13-17(11-12-23)18(24)22-19(20-13)21-14-7-9-16(10-8-14)25-15-5-3-2-4-6-15/h2-10,23H,11-12H2,1H3,(H2,20,21,22,24). The van der Waals surface area contributed by atoms with Gasteiger partial charge in [0.25, 0.3) is 5.56 Å². The number of benzene rings is 2. The smallest absolute Gasteiger partial charge is 0.255 e. The predicted molar refractivity (Wildman–Crippen MR) is 96.6 cm³/mol. The molecule has 3 N–H and O–H groups in total. The van der Waals surface area contributed by atoms with Crippen LogP contribution < -0.4 is 15.6 Å². The van der Waals surface area contributed by atoms with Gasteiger partial charge in [0, 0.05) is 24.3 Å². The molecular weight excluding hydrogens is 318 g/mol. The molecule has 0 aliphatic rings. The molecular formula is C19H19N3O3. The van der Waals surface area contributed by atoms with Crippen molar-refractivity contribution in [3.05, 3.63) is 76.2 Å². The van der Waals surface area contributed by atoms with Gasteiger partial charge in [-0.25, -0.2) is 4.98 Å². The molecule has 0 aliphatic heterocycles. The van der Waals surface area contributed by atoms with E-state index in [4.69, 9.17) is 9.84 Å². The lowest BCUT2D eigenvalue weighted by molar-refractivity contribution is 0.298. The summed E-state index contributed by atoms with van der Waals surface area (Å²) in [7, 11) is 0. The first-order valence-electron chi connectivity index (χ1n) is 7.96. The molecule has 3 rings (SSSR count). The highest BCUT2D eigenvalue weighted by atomic mass is 16.5. The van der Waals surface area contributed by atoms with Crippen molar-refractivity contribution in [2.75, 3.05) is 11.9 Å². The molecule has 1 heterocycles. The van der Waals surface area contributed by atoms with Crippen LogP contribution in [-0.4, -0.2) is 21.7 Å². The lowest BCUT2D eigenvalue weighted by Crippen LogP contribution is -2.19. The Morgan fingerprint density at radius 2 is 1.76 bits per heavy atom. The number of para-hydroxylation sites is 1. The topological polar surface area (TPSA) is 87.2 Å². The minimum Gasteiger partial charge on any atom is -0.457 e. The van der Waals surface area contributed by atoms with Crippen LogP contribution in [0.15, 0.2) is 59.4 Å². The van der Waals surface area contributed by atoms with Gasteiger partial charge in [-0.2, -0.15) is 0 Å². The average Bonchev–Trinajstić information content (AvgIpc) is 2.61. The second-order valence-corrected chi connectivity index (χ2v) is 5.52. The van der Waals surface area contributed by atoms with Crippen LogP contribution >= 0.6 is 0 Å². The molecule has 25 heavy (non-hydrogen) atoms. The van der Waals surface area contributed by atoms with Gasteiger partial charge in [0.15, 0.2) is 0 Å². The SMILES string of the molecule is Cc1nc(Nc2ccc(Oc3ccccc3)cc2)[nH]c(=O)c1CCO. The average molecular weight is 337 g/mol. The van der Waals surface area contributed by atoms with E-state index in [2.05, 4.69) is 15.3 Å². The molecule has 0 saturated carbocycles. The number of nitrogens with zero attached hydrogens (tertiary/aromatic N) is 1. The van der Waals surface area contributed by atoms with E-state index in [-0.39, 0.29) is 12.2 Å². The summed E-state index contributed by atoms with van der Waals surface area (Å²) in [6.07, 6.45) is 0.292. The number of anilines is 2. The number of aliphatic hydroxyl groups excluding tert-OH is 1. The Labute approximate surface area is 145 Å². The van der Waals surface area contributed by atoms with Gasteiger partial charge in [-0.3, -0.25) is 9.78 Å². The van der Waals surface area contributed by atoms with Crippen LogP contribution in [0.1, 0.15) is 11.3 Å². The van der Waals surface area contributed by atoms with Gasteiger partial charge in [-0.05, 0) is 43.3 Å². The van der Waals surface area contributed by atoms with Crippen molar-refractivity contribution >= 4 is 11.6 Å². The highest BCUT2D eigenvalue weighted by Gasteiger charge is 2.08. The maximum atomic E-state index is 12.0. The number of nitrogens with one attached hydrogen (secondary N) is 2.